The quantitative estimate of drug-likeness (QED) is 0.124. The fraction of sp³-hybridized carbons (Fsp3) is 0.333. The Hall–Kier alpha value is -5.00. The lowest BCUT2D eigenvalue weighted by molar-refractivity contribution is 0.00578. The van der Waals surface area contributed by atoms with Crippen molar-refractivity contribution in [3.05, 3.63) is 100 Å². The van der Waals surface area contributed by atoms with Crippen LogP contribution in [0.15, 0.2) is 83.7 Å². The van der Waals surface area contributed by atoms with Gasteiger partial charge in [-0.15, -0.1) is 0 Å². The molecule has 1 aliphatic heterocycles. The van der Waals surface area contributed by atoms with E-state index in [0.29, 0.717) is 57.7 Å². The topological polar surface area (TPSA) is 193 Å². The number of carbonyl (C=O) groups is 2. The third-order valence-corrected chi connectivity index (χ3v) is 8.51. The molecule has 1 fully saturated rings. The maximum atomic E-state index is 11.4. The van der Waals surface area contributed by atoms with Crippen LogP contribution >= 0.6 is 15.9 Å². The van der Waals surface area contributed by atoms with Crippen LogP contribution in [-0.2, 0) is 28.3 Å². The molecule has 14 nitrogen and oxygen atoms in total. The van der Waals surface area contributed by atoms with Gasteiger partial charge in [0.1, 0.15) is 27.6 Å². The average molecular weight is 822 g/mol. The van der Waals surface area contributed by atoms with Gasteiger partial charge in [0.25, 0.3) is 0 Å². The Balaban J connectivity index is 0.000000290. The molecule has 294 valence electrons. The average Bonchev–Trinajstić information content (AvgIpc) is 3.38. The van der Waals surface area contributed by atoms with Crippen LogP contribution in [0.4, 0.5) is 11.6 Å². The van der Waals surface area contributed by atoms with Crippen molar-refractivity contribution in [2.45, 2.75) is 46.3 Å². The first-order valence-corrected chi connectivity index (χ1v) is 17.4. The Labute approximate surface area is 331 Å². The fourth-order valence-corrected chi connectivity index (χ4v) is 4.83. The Morgan fingerprint density at radius 1 is 0.727 bits per heavy atom. The van der Waals surface area contributed by atoms with Gasteiger partial charge >= 0.3 is 19.1 Å². The molecule has 0 bridgehead atoms. The summed E-state index contributed by atoms with van der Waals surface area (Å²) in [6.07, 6.45) is 8.67. The van der Waals surface area contributed by atoms with Crippen LogP contribution in [0.2, 0.25) is 0 Å². The first-order chi connectivity index (χ1) is 25.7. The number of benzene rings is 2. The monoisotopic (exact) mass is 820 g/mol. The molecule has 0 saturated carbocycles. The van der Waals surface area contributed by atoms with E-state index in [1.54, 1.807) is 68.9 Å². The van der Waals surface area contributed by atoms with Gasteiger partial charge in [-0.1, -0.05) is 49.8 Å². The van der Waals surface area contributed by atoms with Gasteiger partial charge < -0.3 is 39.7 Å². The number of anilines is 2. The van der Waals surface area contributed by atoms with Crippen molar-refractivity contribution in [3.63, 3.8) is 0 Å². The SMILES string of the molecule is C.COC(=O)c1ccc(-c2nc(Br)cnc2N)cc1.COC/C=C/B1OC(C)(C)C(C)(C)O1.COC/C=C/c1cnc(N)c(-c2ccc(C(=O)OC)cc2)n1. The van der Waals surface area contributed by atoms with Crippen molar-refractivity contribution in [3.8, 4) is 22.5 Å². The second kappa shape index (κ2) is 21.8. The smallest absolute Gasteiger partial charge is 0.465 e. The maximum Gasteiger partial charge on any atom is 0.486 e. The highest BCUT2D eigenvalue weighted by Crippen LogP contribution is 2.36. The molecule has 5 rings (SSSR count). The molecule has 3 heterocycles. The predicted molar refractivity (Wildman–Crippen MR) is 219 cm³/mol. The predicted octanol–water partition coefficient (Wildman–Crippen LogP) is 6.90. The molecule has 0 unspecified atom stereocenters. The van der Waals surface area contributed by atoms with Crippen molar-refractivity contribution in [1.82, 2.24) is 19.9 Å². The molecular weight excluding hydrogens is 771 g/mol. The van der Waals surface area contributed by atoms with E-state index in [1.165, 1.54) is 20.4 Å². The van der Waals surface area contributed by atoms with Gasteiger partial charge in [0.2, 0.25) is 0 Å². The molecule has 0 amide bonds. The first-order valence-electron chi connectivity index (χ1n) is 16.6. The van der Waals surface area contributed by atoms with Crippen molar-refractivity contribution in [2.24, 2.45) is 0 Å². The standard InChI is InChI=1S/C16H17N3O3.C12H10BrN3O2.C10H19BO3.CH4/c1-21-9-3-4-13-10-18-15(17)14(19-13)11-5-7-12(8-6-11)16(20)22-2;1-18-12(17)8-4-2-7(3-5-8)10-11(14)15-6-9(13)16-10;1-9(2)10(3,4)14-11(13-9)7-6-8-12-5;/h3-8,10H,9H2,1-2H3,(H2,17,18);2-6H,1H3,(H2,14,15);6-7H,8H2,1-5H3;1H4/b4-3+;;7-6+;. The van der Waals surface area contributed by atoms with Gasteiger partial charge in [0.05, 0.1) is 67.8 Å². The lowest BCUT2D eigenvalue weighted by Crippen LogP contribution is -2.41. The summed E-state index contributed by atoms with van der Waals surface area (Å²) in [5.74, 6) is 1.79. The van der Waals surface area contributed by atoms with E-state index in [9.17, 15) is 9.59 Å². The molecule has 4 N–H and O–H groups in total. The summed E-state index contributed by atoms with van der Waals surface area (Å²) in [6.45, 7) is 9.24. The number of rotatable bonds is 10. The number of hydrogen-bond acceptors (Lipinski definition) is 14. The minimum Gasteiger partial charge on any atom is -0.465 e. The number of halogens is 1. The van der Waals surface area contributed by atoms with E-state index < -0.39 is 0 Å². The molecule has 1 saturated heterocycles. The van der Waals surface area contributed by atoms with Crippen molar-refractivity contribution in [2.75, 3.05) is 53.1 Å². The Bertz CT molecular complexity index is 1890. The molecule has 2 aromatic heterocycles. The Morgan fingerprint density at radius 3 is 1.62 bits per heavy atom. The second-order valence-electron chi connectivity index (χ2n) is 12.5. The van der Waals surface area contributed by atoms with E-state index in [2.05, 4.69) is 45.3 Å². The highest BCUT2D eigenvalue weighted by atomic mass is 79.9. The molecule has 2 aromatic carbocycles. The van der Waals surface area contributed by atoms with Crippen molar-refractivity contribution in [1.29, 1.82) is 0 Å². The van der Waals surface area contributed by atoms with E-state index >= 15 is 0 Å². The van der Waals surface area contributed by atoms with Gasteiger partial charge in [-0.2, -0.15) is 0 Å². The third-order valence-electron chi connectivity index (χ3n) is 8.13. The molecule has 16 heteroatoms. The lowest BCUT2D eigenvalue weighted by Gasteiger charge is -2.32. The van der Waals surface area contributed by atoms with Crippen LogP contribution in [0.25, 0.3) is 28.6 Å². The number of nitrogen functional groups attached to an aromatic ring is 2. The molecule has 55 heavy (non-hydrogen) atoms. The highest BCUT2D eigenvalue weighted by molar-refractivity contribution is 9.10. The summed E-state index contributed by atoms with van der Waals surface area (Å²) < 4.78 is 31.2. The number of nitrogens with two attached hydrogens (primary N) is 2. The molecule has 4 aromatic rings. The number of aromatic nitrogens is 4. The zero-order chi connectivity index (χ0) is 39.9. The van der Waals surface area contributed by atoms with Crippen LogP contribution in [0.5, 0.6) is 0 Å². The van der Waals surface area contributed by atoms with Crippen LogP contribution < -0.4 is 11.5 Å². The highest BCUT2D eigenvalue weighted by Gasteiger charge is 2.49. The normalized spacial score (nSPS) is 13.9. The molecular formula is C39H50BBrN6O8. The number of nitrogens with zero attached hydrogens (tertiary/aromatic N) is 4. The minimum atomic E-state index is -0.387. The van der Waals surface area contributed by atoms with Crippen LogP contribution in [0.3, 0.4) is 0 Å². The molecule has 0 aliphatic carbocycles. The van der Waals surface area contributed by atoms with Gasteiger partial charge in [-0.05, 0) is 74.0 Å². The van der Waals surface area contributed by atoms with Gasteiger partial charge in [-0.3, -0.25) is 0 Å². The Kier molecular flexibility index (Phi) is 18.3. The second-order valence-corrected chi connectivity index (χ2v) is 13.3. The first kappa shape index (κ1) is 46.2. The number of ether oxygens (including phenoxy) is 4. The van der Waals surface area contributed by atoms with Crippen LogP contribution in [0.1, 0.15) is 61.5 Å². The molecule has 0 atom stereocenters. The maximum absolute atomic E-state index is 11.4. The van der Waals surface area contributed by atoms with Crippen LogP contribution in [-0.4, -0.2) is 91.8 Å². The summed E-state index contributed by atoms with van der Waals surface area (Å²) in [4.78, 5) is 39.6. The summed E-state index contributed by atoms with van der Waals surface area (Å²) >= 11 is 3.24. The zero-order valence-corrected chi connectivity index (χ0v) is 33.2. The number of hydrogen-bond donors (Lipinski definition) is 2. The van der Waals surface area contributed by atoms with E-state index in [4.69, 9.17) is 30.2 Å². The minimum absolute atomic E-state index is 0. The largest absolute Gasteiger partial charge is 0.486 e. The summed E-state index contributed by atoms with van der Waals surface area (Å²) in [5, 5.41) is 0. The number of esters is 2. The van der Waals surface area contributed by atoms with Crippen molar-refractivity contribution < 1.29 is 37.8 Å². The molecule has 1 aliphatic rings. The molecule has 0 radical (unpaired) electrons. The summed E-state index contributed by atoms with van der Waals surface area (Å²) in [5.41, 5.74) is 15.5. The van der Waals surface area contributed by atoms with Gasteiger partial charge in [0.15, 0.2) is 0 Å². The van der Waals surface area contributed by atoms with E-state index in [-0.39, 0.29) is 37.7 Å². The van der Waals surface area contributed by atoms with Crippen molar-refractivity contribution >= 4 is 52.7 Å². The molecule has 0 spiro atoms. The third kappa shape index (κ3) is 13.4. The zero-order valence-electron chi connectivity index (χ0n) is 31.7. The van der Waals surface area contributed by atoms with E-state index in [1.807, 2.05) is 51.9 Å². The Morgan fingerprint density at radius 2 is 1.16 bits per heavy atom. The van der Waals surface area contributed by atoms with Gasteiger partial charge in [0, 0.05) is 25.3 Å². The fourth-order valence-electron chi connectivity index (χ4n) is 4.55. The number of carbonyl (C=O) groups excluding carboxylic acids is 2. The summed E-state index contributed by atoms with van der Waals surface area (Å²) in [7, 11) is 5.71. The van der Waals surface area contributed by atoms with E-state index in [0.717, 1.165) is 11.1 Å². The van der Waals surface area contributed by atoms with Gasteiger partial charge in [-0.25, -0.2) is 29.5 Å². The number of methoxy groups -OCH3 is 4. The lowest BCUT2D eigenvalue weighted by atomic mass is 9.90. The van der Waals surface area contributed by atoms with Crippen LogP contribution in [0, 0.1) is 0 Å². The summed E-state index contributed by atoms with van der Waals surface area (Å²) in [6, 6.07) is 13.7.